The number of rotatable bonds is 6. The van der Waals surface area contributed by atoms with Crippen molar-refractivity contribution >= 4 is 11.6 Å². The SMILES string of the molecule is CN1C(=O)CCc2cc(COc3cccc(ONC=C4CCOCC4)c3)ccc21. The van der Waals surface area contributed by atoms with Crippen LogP contribution in [0, 0.1) is 0 Å². The number of aryl methyl sites for hydroxylation is 1. The van der Waals surface area contributed by atoms with E-state index in [9.17, 15) is 4.79 Å². The molecule has 2 heterocycles. The van der Waals surface area contributed by atoms with Gasteiger partial charge in [-0.2, -0.15) is 0 Å². The summed E-state index contributed by atoms with van der Waals surface area (Å²) < 4.78 is 11.3. The van der Waals surface area contributed by atoms with E-state index in [1.165, 1.54) is 11.1 Å². The van der Waals surface area contributed by atoms with Crippen LogP contribution >= 0.6 is 0 Å². The molecule has 0 unspecified atom stereocenters. The molecule has 6 nitrogen and oxygen atoms in total. The molecule has 0 spiro atoms. The van der Waals surface area contributed by atoms with Crippen molar-refractivity contribution < 1.29 is 19.1 Å². The monoisotopic (exact) mass is 394 g/mol. The molecule has 29 heavy (non-hydrogen) atoms. The first-order valence-corrected chi connectivity index (χ1v) is 9.98. The van der Waals surface area contributed by atoms with Crippen LogP contribution in [0.25, 0.3) is 0 Å². The van der Waals surface area contributed by atoms with E-state index in [2.05, 4.69) is 11.5 Å². The Labute approximate surface area is 171 Å². The molecule has 0 aromatic heterocycles. The van der Waals surface area contributed by atoms with Crippen LogP contribution in [0.2, 0.25) is 0 Å². The van der Waals surface area contributed by atoms with Gasteiger partial charge in [0.25, 0.3) is 0 Å². The van der Waals surface area contributed by atoms with E-state index >= 15 is 0 Å². The quantitative estimate of drug-likeness (QED) is 0.756. The van der Waals surface area contributed by atoms with Crippen LogP contribution < -0.4 is 20.0 Å². The number of hydroxylamine groups is 1. The average Bonchev–Trinajstić information content (AvgIpc) is 2.76. The van der Waals surface area contributed by atoms with Gasteiger partial charge in [-0.15, -0.1) is 0 Å². The average molecular weight is 394 g/mol. The predicted octanol–water partition coefficient (Wildman–Crippen LogP) is 3.75. The highest BCUT2D eigenvalue weighted by molar-refractivity contribution is 5.95. The smallest absolute Gasteiger partial charge is 0.227 e. The summed E-state index contributed by atoms with van der Waals surface area (Å²) in [5, 5.41) is 0. The number of carbonyl (C=O) groups is 1. The summed E-state index contributed by atoms with van der Waals surface area (Å²) in [4.78, 5) is 19.2. The summed E-state index contributed by atoms with van der Waals surface area (Å²) in [7, 11) is 1.83. The standard InChI is InChI=1S/C23H26N2O4/c1-25-22-7-5-18(13-19(22)6-8-23(25)26)16-28-20-3-2-4-21(14-20)29-24-15-17-9-11-27-12-10-17/h2-5,7,13-15,24H,6,8-12,16H2,1H3. The van der Waals surface area contributed by atoms with Crippen molar-refractivity contribution in [2.45, 2.75) is 32.3 Å². The Bertz CT molecular complexity index is 902. The molecule has 2 aliphatic heterocycles. The molecule has 6 heteroatoms. The fourth-order valence-corrected chi connectivity index (χ4v) is 3.55. The van der Waals surface area contributed by atoms with E-state index in [-0.39, 0.29) is 5.91 Å². The van der Waals surface area contributed by atoms with Gasteiger partial charge in [0.05, 0.1) is 13.2 Å². The van der Waals surface area contributed by atoms with Crippen molar-refractivity contribution in [3.8, 4) is 11.5 Å². The van der Waals surface area contributed by atoms with Crippen LogP contribution in [0.15, 0.2) is 54.2 Å². The number of nitrogens with zero attached hydrogens (tertiary/aromatic N) is 1. The second-order valence-corrected chi connectivity index (χ2v) is 7.31. The van der Waals surface area contributed by atoms with Crippen LogP contribution in [-0.4, -0.2) is 26.2 Å². The van der Waals surface area contributed by atoms with Crippen LogP contribution in [-0.2, 0) is 22.6 Å². The van der Waals surface area contributed by atoms with Gasteiger partial charge in [-0.3, -0.25) is 4.79 Å². The molecule has 1 N–H and O–H groups in total. The lowest BCUT2D eigenvalue weighted by Crippen LogP contribution is -2.31. The summed E-state index contributed by atoms with van der Waals surface area (Å²) in [6.45, 7) is 2.00. The van der Waals surface area contributed by atoms with Crippen molar-refractivity contribution in [2.24, 2.45) is 0 Å². The summed E-state index contributed by atoms with van der Waals surface area (Å²) in [5.41, 5.74) is 7.47. The summed E-state index contributed by atoms with van der Waals surface area (Å²) in [6.07, 6.45) is 5.12. The summed E-state index contributed by atoms with van der Waals surface area (Å²) in [6, 6.07) is 13.7. The van der Waals surface area contributed by atoms with Crippen molar-refractivity contribution in [3.63, 3.8) is 0 Å². The lowest BCUT2D eigenvalue weighted by atomic mass is 9.99. The van der Waals surface area contributed by atoms with Gasteiger partial charge < -0.3 is 19.2 Å². The van der Waals surface area contributed by atoms with Gasteiger partial charge in [0.1, 0.15) is 12.4 Å². The maximum absolute atomic E-state index is 11.8. The second-order valence-electron chi connectivity index (χ2n) is 7.31. The van der Waals surface area contributed by atoms with Gasteiger partial charge >= 0.3 is 0 Å². The molecule has 2 aliphatic rings. The zero-order valence-electron chi connectivity index (χ0n) is 16.6. The minimum atomic E-state index is 0.166. The van der Waals surface area contributed by atoms with E-state index in [4.69, 9.17) is 14.3 Å². The topological polar surface area (TPSA) is 60.0 Å². The largest absolute Gasteiger partial charge is 0.489 e. The molecule has 2 aromatic rings. The van der Waals surface area contributed by atoms with Crippen LogP contribution in [0.4, 0.5) is 5.69 Å². The fraction of sp³-hybridized carbons (Fsp3) is 0.348. The maximum Gasteiger partial charge on any atom is 0.227 e. The summed E-state index contributed by atoms with van der Waals surface area (Å²) >= 11 is 0. The fourth-order valence-electron chi connectivity index (χ4n) is 3.55. The lowest BCUT2D eigenvalue weighted by molar-refractivity contribution is -0.118. The van der Waals surface area contributed by atoms with Crippen LogP contribution in [0.5, 0.6) is 11.5 Å². The number of benzene rings is 2. The number of anilines is 1. The number of hydrogen-bond donors (Lipinski definition) is 1. The molecule has 152 valence electrons. The first kappa shape index (κ1) is 19.3. The molecular weight excluding hydrogens is 368 g/mol. The van der Waals surface area contributed by atoms with Crippen molar-refractivity contribution in [1.82, 2.24) is 5.48 Å². The minimum absolute atomic E-state index is 0.166. The zero-order valence-corrected chi connectivity index (χ0v) is 16.6. The number of hydrogen-bond acceptors (Lipinski definition) is 5. The molecule has 1 fully saturated rings. The zero-order chi connectivity index (χ0) is 20.1. The molecular formula is C23H26N2O4. The first-order valence-electron chi connectivity index (χ1n) is 9.98. The van der Waals surface area contributed by atoms with Crippen molar-refractivity contribution in [3.05, 3.63) is 65.4 Å². The Hall–Kier alpha value is -2.99. The normalized spacial score (nSPS) is 16.2. The second kappa shape index (κ2) is 9.01. The molecule has 0 atom stereocenters. The highest BCUT2D eigenvalue weighted by Crippen LogP contribution is 2.28. The minimum Gasteiger partial charge on any atom is -0.489 e. The number of nitrogens with one attached hydrogen (secondary N) is 1. The Morgan fingerprint density at radius 1 is 1.07 bits per heavy atom. The third kappa shape index (κ3) is 4.90. The highest BCUT2D eigenvalue weighted by atomic mass is 16.6. The van der Waals surface area contributed by atoms with Crippen molar-refractivity contribution in [1.29, 1.82) is 0 Å². The molecule has 0 aliphatic carbocycles. The van der Waals surface area contributed by atoms with Gasteiger partial charge in [0.15, 0.2) is 5.75 Å². The summed E-state index contributed by atoms with van der Waals surface area (Å²) in [5.74, 6) is 1.60. The van der Waals surface area contributed by atoms with E-state index < -0.39 is 0 Å². The number of amides is 1. The Kier molecular flexibility index (Phi) is 6.00. The van der Waals surface area contributed by atoms with Gasteiger partial charge in [-0.25, -0.2) is 5.48 Å². The number of fused-ring (bicyclic) bond motifs is 1. The molecule has 1 saturated heterocycles. The van der Waals surface area contributed by atoms with Crippen LogP contribution in [0.1, 0.15) is 30.4 Å². The first-order chi connectivity index (χ1) is 14.2. The molecule has 0 bridgehead atoms. The van der Waals surface area contributed by atoms with Gasteiger partial charge in [-0.05, 0) is 54.2 Å². The molecule has 0 saturated carbocycles. The Balaban J connectivity index is 1.33. The number of ether oxygens (including phenoxy) is 2. The van der Waals surface area contributed by atoms with E-state index in [0.29, 0.717) is 18.8 Å². The predicted molar refractivity (Wildman–Crippen MR) is 111 cm³/mol. The van der Waals surface area contributed by atoms with E-state index in [1.54, 1.807) is 4.90 Å². The lowest BCUT2D eigenvalue weighted by Gasteiger charge is -2.26. The highest BCUT2D eigenvalue weighted by Gasteiger charge is 2.20. The Morgan fingerprint density at radius 3 is 2.76 bits per heavy atom. The molecule has 4 rings (SSSR count). The number of carbonyl (C=O) groups excluding carboxylic acids is 1. The van der Waals surface area contributed by atoms with E-state index in [1.807, 2.05) is 49.6 Å². The van der Waals surface area contributed by atoms with E-state index in [0.717, 1.165) is 49.5 Å². The third-order valence-corrected chi connectivity index (χ3v) is 5.27. The Morgan fingerprint density at radius 2 is 1.90 bits per heavy atom. The van der Waals surface area contributed by atoms with Crippen LogP contribution in [0.3, 0.4) is 0 Å². The van der Waals surface area contributed by atoms with Gasteiger partial charge in [-0.1, -0.05) is 18.2 Å². The van der Waals surface area contributed by atoms with Gasteiger partial charge in [0, 0.05) is 31.4 Å². The third-order valence-electron chi connectivity index (χ3n) is 5.27. The maximum atomic E-state index is 11.8. The molecule has 2 aromatic carbocycles. The molecule has 0 radical (unpaired) electrons. The van der Waals surface area contributed by atoms with Crippen molar-refractivity contribution in [2.75, 3.05) is 25.2 Å². The van der Waals surface area contributed by atoms with Gasteiger partial charge in [0.2, 0.25) is 5.91 Å². The molecule has 1 amide bonds.